The van der Waals surface area contributed by atoms with Gasteiger partial charge in [0.2, 0.25) is 0 Å². The van der Waals surface area contributed by atoms with E-state index in [0.717, 1.165) is 6.42 Å². The number of benzene rings is 1. The Morgan fingerprint density at radius 1 is 0.905 bits per heavy atom. The van der Waals surface area contributed by atoms with Crippen molar-refractivity contribution >= 4 is 13.9 Å². The molecule has 0 radical (unpaired) electrons. The number of anilines is 1. The number of hydrogen-bond donors (Lipinski definition) is 0. The van der Waals surface area contributed by atoms with Gasteiger partial charge in [-0.15, -0.1) is 0 Å². The smallest absolute Gasteiger partial charge is 0.169 e. The number of allylic oxidation sites excluding steroid dienone is 1. The second-order valence-electron chi connectivity index (χ2n) is 6.85. The van der Waals surface area contributed by atoms with Gasteiger partial charge in [0.25, 0.3) is 0 Å². The average molecular weight is 304 g/mol. The highest BCUT2D eigenvalue weighted by Gasteiger charge is 2.47. The molecule has 21 heavy (non-hydrogen) atoms. The minimum atomic E-state index is -1.69. The van der Waals surface area contributed by atoms with E-state index >= 15 is 0 Å². The summed E-state index contributed by atoms with van der Waals surface area (Å²) in [7, 11) is -1.69. The van der Waals surface area contributed by atoms with Gasteiger partial charge in [-0.3, -0.25) is 0 Å². The van der Waals surface area contributed by atoms with Crippen LogP contribution in [-0.4, -0.2) is 8.24 Å². The molecule has 0 heterocycles. The largest absolute Gasteiger partial charge is 0.374 e. The van der Waals surface area contributed by atoms with E-state index in [9.17, 15) is 0 Å². The topological polar surface area (TPSA) is 3.24 Å². The van der Waals surface area contributed by atoms with Gasteiger partial charge in [0.15, 0.2) is 8.24 Å². The van der Waals surface area contributed by atoms with E-state index in [1.54, 1.807) is 0 Å². The highest BCUT2D eigenvalue weighted by molar-refractivity contribution is 6.87. The Bertz CT molecular complexity index is 412. The second-order valence-corrected chi connectivity index (χ2v) is 12.6. The summed E-state index contributed by atoms with van der Waals surface area (Å²) in [5, 5.41) is 0. The molecule has 0 aliphatic heterocycles. The van der Waals surface area contributed by atoms with Crippen LogP contribution in [0.15, 0.2) is 42.6 Å². The van der Waals surface area contributed by atoms with Crippen molar-refractivity contribution in [2.24, 2.45) is 0 Å². The molecular weight excluding hydrogens is 270 g/mol. The SMILES string of the molecule is CC/C=C/N(c1ccccc1)[Si](C(C)C)(C(C)C)C(C)C. The fraction of sp³-hybridized carbons (Fsp3) is 0.579. The summed E-state index contributed by atoms with van der Waals surface area (Å²) in [6.45, 7) is 16.7. The van der Waals surface area contributed by atoms with Crippen LogP contribution in [0.4, 0.5) is 5.69 Å². The molecule has 0 saturated carbocycles. The molecule has 0 N–H and O–H groups in total. The molecule has 0 spiro atoms. The molecule has 0 bridgehead atoms. The van der Waals surface area contributed by atoms with E-state index in [1.165, 1.54) is 5.69 Å². The average Bonchev–Trinajstić information content (AvgIpc) is 2.42. The molecule has 1 rings (SSSR count). The van der Waals surface area contributed by atoms with Crippen molar-refractivity contribution in [1.82, 2.24) is 0 Å². The van der Waals surface area contributed by atoms with Crippen molar-refractivity contribution < 1.29 is 0 Å². The van der Waals surface area contributed by atoms with Gasteiger partial charge in [-0.2, -0.15) is 0 Å². The van der Waals surface area contributed by atoms with E-state index in [1.807, 2.05) is 0 Å². The molecule has 118 valence electrons. The molecule has 2 heteroatoms. The lowest BCUT2D eigenvalue weighted by Crippen LogP contribution is -2.58. The zero-order chi connectivity index (χ0) is 16.0. The predicted octanol–water partition coefficient (Wildman–Crippen LogP) is 6.59. The van der Waals surface area contributed by atoms with Gasteiger partial charge >= 0.3 is 0 Å². The van der Waals surface area contributed by atoms with E-state index in [0.29, 0.717) is 16.6 Å². The Balaban J connectivity index is 3.47. The van der Waals surface area contributed by atoms with Gasteiger partial charge < -0.3 is 4.57 Å². The fourth-order valence-corrected chi connectivity index (χ4v) is 10.7. The first-order chi connectivity index (χ1) is 9.88. The van der Waals surface area contributed by atoms with E-state index in [-0.39, 0.29) is 0 Å². The Morgan fingerprint density at radius 2 is 1.38 bits per heavy atom. The molecule has 1 nitrogen and oxygen atoms in total. The van der Waals surface area contributed by atoms with Crippen LogP contribution in [0.1, 0.15) is 54.9 Å². The quantitative estimate of drug-likeness (QED) is 0.513. The molecular formula is C19H33NSi. The standard InChI is InChI=1S/C19H33NSi/c1-8-9-15-20(19-13-11-10-12-14-19)21(16(2)3,17(4)5)18(6)7/h9-18H,8H2,1-7H3/b15-9+. The number of hydrogen-bond acceptors (Lipinski definition) is 1. The molecule has 1 aromatic carbocycles. The van der Waals surface area contributed by atoms with Gasteiger partial charge in [-0.05, 0) is 41.4 Å². The number of para-hydroxylation sites is 1. The van der Waals surface area contributed by atoms with Crippen LogP contribution in [0.2, 0.25) is 16.6 Å². The van der Waals surface area contributed by atoms with E-state index in [4.69, 9.17) is 0 Å². The lowest BCUT2D eigenvalue weighted by molar-refractivity contribution is 0.799. The molecule has 0 fully saturated rings. The van der Waals surface area contributed by atoms with Crippen LogP contribution < -0.4 is 4.57 Å². The minimum absolute atomic E-state index is 0.708. The molecule has 1 aromatic rings. The maximum absolute atomic E-state index is 2.66. The van der Waals surface area contributed by atoms with Crippen molar-refractivity contribution in [3.63, 3.8) is 0 Å². The third-order valence-electron chi connectivity index (χ3n) is 4.72. The Labute approximate surface area is 133 Å². The molecule has 0 aliphatic rings. The first kappa shape index (κ1) is 18.0. The lowest BCUT2D eigenvalue weighted by atomic mass is 10.3. The second kappa shape index (κ2) is 7.84. The van der Waals surface area contributed by atoms with Crippen molar-refractivity contribution in [2.75, 3.05) is 4.57 Å². The van der Waals surface area contributed by atoms with Crippen LogP contribution in [0.25, 0.3) is 0 Å². The van der Waals surface area contributed by atoms with Gasteiger partial charge in [-0.1, -0.05) is 72.7 Å². The van der Waals surface area contributed by atoms with Crippen LogP contribution in [0.5, 0.6) is 0 Å². The molecule has 0 saturated heterocycles. The highest BCUT2D eigenvalue weighted by atomic mass is 28.3. The fourth-order valence-electron chi connectivity index (χ4n) is 4.07. The number of nitrogens with zero attached hydrogens (tertiary/aromatic N) is 1. The normalized spacial score (nSPS) is 12.9. The van der Waals surface area contributed by atoms with Crippen molar-refractivity contribution in [1.29, 1.82) is 0 Å². The molecule has 0 aliphatic carbocycles. The summed E-state index contributed by atoms with van der Waals surface area (Å²) in [4.78, 5) is 0. The monoisotopic (exact) mass is 303 g/mol. The van der Waals surface area contributed by atoms with Crippen molar-refractivity contribution in [2.45, 2.75) is 71.5 Å². The zero-order valence-corrected chi connectivity index (χ0v) is 15.9. The number of rotatable bonds is 7. The van der Waals surface area contributed by atoms with Crippen LogP contribution >= 0.6 is 0 Å². The highest BCUT2D eigenvalue weighted by Crippen LogP contribution is 2.46. The third kappa shape index (κ3) is 3.60. The Kier molecular flexibility index (Phi) is 6.73. The molecule has 0 unspecified atom stereocenters. The minimum Gasteiger partial charge on any atom is -0.374 e. The summed E-state index contributed by atoms with van der Waals surface area (Å²) in [6, 6.07) is 10.9. The summed E-state index contributed by atoms with van der Waals surface area (Å²) >= 11 is 0. The van der Waals surface area contributed by atoms with Crippen LogP contribution in [0, 0.1) is 0 Å². The summed E-state index contributed by atoms with van der Waals surface area (Å²) < 4.78 is 2.66. The van der Waals surface area contributed by atoms with Crippen molar-refractivity contribution in [3.05, 3.63) is 42.6 Å². The van der Waals surface area contributed by atoms with Gasteiger partial charge in [0, 0.05) is 5.69 Å². The maximum Gasteiger partial charge on any atom is 0.169 e. The zero-order valence-electron chi connectivity index (χ0n) is 14.9. The molecule has 0 amide bonds. The van der Waals surface area contributed by atoms with Gasteiger partial charge in [0.05, 0.1) is 0 Å². The molecule has 0 aromatic heterocycles. The first-order valence-electron chi connectivity index (χ1n) is 8.39. The van der Waals surface area contributed by atoms with Crippen molar-refractivity contribution in [3.8, 4) is 0 Å². The first-order valence-corrected chi connectivity index (χ1v) is 10.6. The third-order valence-corrected chi connectivity index (χ3v) is 11.5. The summed E-state index contributed by atoms with van der Waals surface area (Å²) in [5.74, 6) is 0. The summed E-state index contributed by atoms with van der Waals surface area (Å²) in [6.07, 6.45) is 5.76. The van der Waals surface area contributed by atoms with Crippen LogP contribution in [-0.2, 0) is 0 Å². The van der Waals surface area contributed by atoms with Crippen LogP contribution in [0.3, 0.4) is 0 Å². The Morgan fingerprint density at radius 3 is 1.76 bits per heavy atom. The maximum atomic E-state index is 2.66. The van der Waals surface area contributed by atoms with Gasteiger partial charge in [-0.25, -0.2) is 0 Å². The van der Waals surface area contributed by atoms with E-state index in [2.05, 4.69) is 95.6 Å². The lowest BCUT2D eigenvalue weighted by Gasteiger charge is -2.50. The van der Waals surface area contributed by atoms with E-state index < -0.39 is 8.24 Å². The Hall–Kier alpha value is -1.02. The predicted molar refractivity (Wildman–Crippen MR) is 99.4 cm³/mol. The van der Waals surface area contributed by atoms with Gasteiger partial charge in [0.1, 0.15) is 0 Å². The summed E-state index contributed by atoms with van der Waals surface area (Å²) in [5.41, 5.74) is 3.47. The molecule has 0 atom stereocenters.